The normalized spacial score (nSPS) is 20.4. The third kappa shape index (κ3) is 4.10. The van der Waals surface area contributed by atoms with E-state index < -0.39 is 5.60 Å². The van der Waals surface area contributed by atoms with E-state index in [0.717, 1.165) is 48.7 Å². The van der Waals surface area contributed by atoms with Crippen molar-refractivity contribution in [1.29, 1.82) is 0 Å². The lowest BCUT2D eigenvalue weighted by Gasteiger charge is -2.34. The van der Waals surface area contributed by atoms with Crippen LogP contribution in [-0.4, -0.2) is 50.2 Å². The van der Waals surface area contributed by atoms with Gasteiger partial charge in [0.2, 0.25) is 0 Å². The fraction of sp³-hybridized carbons (Fsp3) is 0.583. The molecule has 1 atom stereocenters. The van der Waals surface area contributed by atoms with Gasteiger partial charge >= 0.3 is 6.09 Å². The topological polar surface area (TPSA) is 50.6 Å². The molecule has 2 aromatic rings. The van der Waals surface area contributed by atoms with Gasteiger partial charge in [-0.2, -0.15) is 0 Å². The summed E-state index contributed by atoms with van der Waals surface area (Å²) in [5, 5.41) is 0. The summed E-state index contributed by atoms with van der Waals surface area (Å²) in [5.41, 5.74) is 3.61. The number of amides is 1. The van der Waals surface area contributed by atoms with Crippen LogP contribution in [-0.2, 0) is 17.8 Å². The van der Waals surface area contributed by atoms with Crippen molar-refractivity contribution in [2.75, 3.05) is 13.1 Å². The third-order valence-electron chi connectivity index (χ3n) is 5.92. The second-order valence-electron chi connectivity index (χ2n) is 9.97. The monoisotopic (exact) mass is 410 g/mol. The zero-order chi connectivity index (χ0) is 21.6. The van der Waals surface area contributed by atoms with Crippen LogP contribution in [0.25, 0.3) is 16.7 Å². The molecule has 0 unspecified atom stereocenters. The Morgan fingerprint density at radius 2 is 2.00 bits per heavy atom. The highest BCUT2D eigenvalue weighted by atomic mass is 16.6. The predicted octanol–water partition coefficient (Wildman–Crippen LogP) is 4.88. The van der Waals surface area contributed by atoms with Crippen molar-refractivity contribution < 1.29 is 9.53 Å². The van der Waals surface area contributed by atoms with Gasteiger partial charge in [-0.05, 0) is 59.1 Å². The van der Waals surface area contributed by atoms with Gasteiger partial charge in [-0.15, -0.1) is 0 Å². The van der Waals surface area contributed by atoms with Crippen LogP contribution in [0.1, 0.15) is 59.4 Å². The van der Waals surface area contributed by atoms with E-state index in [1.807, 2.05) is 20.8 Å². The average molecular weight is 411 g/mol. The highest BCUT2D eigenvalue weighted by molar-refractivity contribution is 5.87. The molecule has 162 valence electrons. The van der Waals surface area contributed by atoms with Crippen molar-refractivity contribution >= 4 is 22.8 Å². The number of benzene rings is 1. The minimum absolute atomic E-state index is 0.280. The molecule has 0 fully saturated rings. The van der Waals surface area contributed by atoms with Crippen LogP contribution in [0.2, 0.25) is 0 Å². The summed E-state index contributed by atoms with van der Waals surface area (Å²) < 4.78 is 8.02. The minimum atomic E-state index is -0.516. The standard InChI is InChI=1S/C24H34N4O2/c1-16(2)26-11-12-27-21-10-8-18(13-19(21)25-22(27)15-26)20-9-7-17(3)14-28(20)23(29)30-24(4,5)6/h8-10,13,16-17H,7,11-12,14-15H2,1-6H3/t17-/m0/s1. The van der Waals surface area contributed by atoms with Crippen LogP contribution in [0.5, 0.6) is 0 Å². The van der Waals surface area contributed by atoms with E-state index in [2.05, 4.69) is 54.5 Å². The third-order valence-corrected chi connectivity index (χ3v) is 5.92. The predicted molar refractivity (Wildman–Crippen MR) is 120 cm³/mol. The van der Waals surface area contributed by atoms with Gasteiger partial charge in [0.15, 0.2) is 0 Å². The first-order valence-electron chi connectivity index (χ1n) is 11.1. The van der Waals surface area contributed by atoms with E-state index in [-0.39, 0.29) is 6.09 Å². The van der Waals surface area contributed by atoms with Gasteiger partial charge in [-0.3, -0.25) is 9.80 Å². The van der Waals surface area contributed by atoms with Crippen LogP contribution in [0.15, 0.2) is 24.3 Å². The molecule has 4 rings (SSSR count). The molecule has 6 nitrogen and oxygen atoms in total. The van der Waals surface area contributed by atoms with Crippen LogP contribution in [0, 0.1) is 5.92 Å². The number of allylic oxidation sites excluding steroid dienone is 1. The van der Waals surface area contributed by atoms with Crippen molar-refractivity contribution in [2.24, 2.45) is 5.92 Å². The molecule has 1 aromatic heterocycles. The van der Waals surface area contributed by atoms with Crippen LogP contribution in [0.4, 0.5) is 4.79 Å². The maximum atomic E-state index is 12.9. The summed E-state index contributed by atoms with van der Waals surface area (Å²) in [7, 11) is 0. The summed E-state index contributed by atoms with van der Waals surface area (Å²) in [6.07, 6.45) is 2.84. The molecule has 0 bridgehead atoms. The van der Waals surface area contributed by atoms with Crippen molar-refractivity contribution in [3.63, 3.8) is 0 Å². The van der Waals surface area contributed by atoms with Crippen molar-refractivity contribution in [2.45, 2.75) is 72.7 Å². The SMILES string of the molecule is CC(C)N1CCn2c(nc3cc(C4=CC[C@H](C)CN4C(=O)OC(C)(C)C)ccc32)C1. The second kappa shape index (κ2) is 7.73. The molecule has 0 aliphatic carbocycles. The number of carbonyl (C=O) groups is 1. The fourth-order valence-corrected chi connectivity index (χ4v) is 4.31. The molecule has 2 aliphatic heterocycles. The first-order valence-corrected chi connectivity index (χ1v) is 11.1. The van der Waals surface area contributed by atoms with Crippen LogP contribution < -0.4 is 0 Å². The van der Waals surface area contributed by atoms with E-state index in [1.165, 1.54) is 5.52 Å². The van der Waals surface area contributed by atoms with Gasteiger partial charge < -0.3 is 9.30 Å². The van der Waals surface area contributed by atoms with Gasteiger partial charge in [0.25, 0.3) is 0 Å². The average Bonchev–Trinajstić information content (AvgIpc) is 3.03. The van der Waals surface area contributed by atoms with Crippen molar-refractivity contribution in [1.82, 2.24) is 19.4 Å². The van der Waals surface area contributed by atoms with Gasteiger partial charge in [-0.1, -0.05) is 19.1 Å². The number of hydrogen-bond acceptors (Lipinski definition) is 4. The Labute approximate surface area is 179 Å². The number of nitrogens with zero attached hydrogens (tertiary/aromatic N) is 4. The van der Waals surface area contributed by atoms with E-state index in [9.17, 15) is 4.79 Å². The minimum Gasteiger partial charge on any atom is -0.443 e. The Morgan fingerprint density at radius 3 is 2.70 bits per heavy atom. The zero-order valence-corrected chi connectivity index (χ0v) is 19.1. The van der Waals surface area contributed by atoms with E-state index in [4.69, 9.17) is 9.72 Å². The molecule has 3 heterocycles. The maximum absolute atomic E-state index is 12.9. The number of imidazole rings is 1. The summed E-state index contributed by atoms with van der Waals surface area (Å²) in [4.78, 5) is 22.1. The Morgan fingerprint density at radius 1 is 1.23 bits per heavy atom. The van der Waals surface area contributed by atoms with Gasteiger partial charge in [0, 0.05) is 31.2 Å². The summed E-state index contributed by atoms with van der Waals surface area (Å²) >= 11 is 0. The molecule has 0 saturated carbocycles. The summed E-state index contributed by atoms with van der Waals surface area (Å²) in [6, 6.07) is 6.91. The van der Waals surface area contributed by atoms with Gasteiger partial charge in [0.1, 0.15) is 11.4 Å². The van der Waals surface area contributed by atoms with Gasteiger partial charge in [-0.25, -0.2) is 9.78 Å². The van der Waals surface area contributed by atoms with Crippen LogP contribution >= 0.6 is 0 Å². The van der Waals surface area contributed by atoms with E-state index in [1.54, 1.807) is 4.90 Å². The van der Waals surface area contributed by atoms with Crippen molar-refractivity contribution in [3.05, 3.63) is 35.7 Å². The molecule has 0 spiro atoms. The fourth-order valence-electron chi connectivity index (χ4n) is 4.31. The largest absolute Gasteiger partial charge is 0.443 e. The Hall–Kier alpha value is -2.34. The summed E-state index contributed by atoms with van der Waals surface area (Å²) in [6.45, 7) is 15.9. The van der Waals surface area contributed by atoms with Gasteiger partial charge in [0.05, 0.1) is 23.3 Å². The number of fused-ring (bicyclic) bond motifs is 3. The zero-order valence-electron chi connectivity index (χ0n) is 19.1. The molecule has 2 aliphatic rings. The highest BCUT2D eigenvalue weighted by Crippen LogP contribution is 2.32. The Balaban J connectivity index is 1.67. The number of hydrogen-bond donors (Lipinski definition) is 0. The van der Waals surface area contributed by atoms with Crippen LogP contribution in [0.3, 0.4) is 0 Å². The van der Waals surface area contributed by atoms with E-state index >= 15 is 0 Å². The lowest BCUT2D eigenvalue weighted by atomic mass is 9.98. The number of ether oxygens (including phenoxy) is 1. The first-order chi connectivity index (χ1) is 14.1. The molecule has 1 aromatic carbocycles. The Bertz CT molecular complexity index is 983. The lowest BCUT2D eigenvalue weighted by Crippen LogP contribution is -2.39. The highest BCUT2D eigenvalue weighted by Gasteiger charge is 2.30. The number of rotatable bonds is 2. The molecule has 0 saturated heterocycles. The second-order valence-corrected chi connectivity index (χ2v) is 9.97. The molecule has 0 N–H and O–H groups in total. The number of carbonyl (C=O) groups excluding carboxylic acids is 1. The quantitative estimate of drug-likeness (QED) is 0.708. The maximum Gasteiger partial charge on any atom is 0.414 e. The Kier molecular flexibility index (Phi) is 5.39. The molecule has 1 amide bonds. The molecule has 6 heteroatoms. The summed E-state index contributed by atoms with van der Waals surface area (Å²) in [5.74, 6) is 1.53. The number of aromatic nitrogens is 2. The van der Waals surface area contributed by atoms with E-state index in [0.29, 0.717) is 18.5 Å². The molecular formula is C24H34N4O2. The smallest absolute Gasteiger partial charge is 0.414 e. The lowest BCUT2D eigenvalue weighted by molar-refractivity contribution is 0.0327. The molecule has 0 radical (unpaired) electrons. The first kappa shape index (κ1) is 20.9. The molecule has 30 heavy (non-hydrogen) atoms. The molecular weight excluding hydrogens is 376 g/mol. The van der Waals surface area contributed by atoms with Crippen molar-refractivity contribution in [3.8, 4) is 0 Å².